The van der Waals surface area contributed by atoms with E-state index in [1.54, 1.807) is 0 Å². The summed E-state index contributed by atoms with van der Waals surface area (Å²) in [6.07, 6.45) is 0.806. The minimum atomic E-state index is -3.80. The molecular formula is C9H13BrN2O3S2. The summed E-state index contributed by atoms with van der Waals surface area (Å²) in [5.41, 5.74) is 0. The molecule has 3 N–H and O–H groups in total. The number of carbonyl (C=O) groups is 1. The van der Waals surface area contributed by atoms with Gasteiger partial charge in [-0.2, -0.15) is 0 Å². The first kappa shape index (κ1) is 14.6. The van der Waals surface area contributed by atoms with Crippen molar-refractivity contribution in [2.75, 3.05) is 0 Å². The quantitative estimate of drug-likeness (QED) is 0.873. The van der Waals surface area contributed by atoms with E-state index in [1.165, 1.54) is 6.07 Å². The van der Waals surface area contributed by atoms with Crippen molar-refractivity contribution in [3.8, 4) is 0 Å². The number of thiophene rings is 1. The zero-order valence-corrected chi connectivity index (χ0v) is 12.6. The molecule has 0 aliphatic rings. The number of hydrogen-bond acceptors (Lipinski definition) is 4. The molecule has 1 rings (SSSR count). The number of halogens is 1. The van der Waals surface area contributed by atoms with E-state index >= 15 is 0 Å². The van der Waals surface area contributed by atoms with E-state index in [1.807, 2.05) is 13.8 Å². The van der Waals surface area contributed by atoms with Gasteiger partial charge in [0.1, 0.15) is 4.90 Å². The average molecular weight is 341 g/mol. The van der Waals surface area contributed by atoms with Gasteiger partial charge >= 0.3 is 0 Å². The number of nitrogens with one attached hydrogen (secondary N) is 1. The predicted molar refractivity (Wildman–Crippen MR) is 70.6 cm³/mol. The van der Waals surface area contributed by atoms with E-state index in [0.29, 0.717) is 8.66 Å². The molecule has 17 heavy (non-hydrogen) atoms. The first-order chi connectivity index (χ1) is 7.75. The van der Waals surface area contributed by atoms with Crippen LogP contribution in [0.25, 0.3) is 0 Å². The monoisotopic (exact) mass is 340 g/mol. The molecule has 0 bridgehead atoms. The maximum absolute atomic E-state index is 11.7. The highest BCUT2D eigenvalue weighted by Crippen LogP contribution is 2.30. The van der Waals surface area contributed by atoms with Crippen LogP contribution in [0.1, 0.15) is 29.9 Å². The molecular weight excluding hydrogens is 328 g/mol. The molecule has 96 valence electrons. The molecule has 0 aromatic carbocycles. The van der Waals surface area contributed by atoms with Crippen LogP contribution in [-0.2, 0) is 10.0 Å². The van der Waals surface area contributed by atoms with Crippen LogP contribution >= 0.6 is 27.3 Å². The van der Waals surface area contributed by atoms with Gasteiger partial charge in [-0.15, -0.1) is 11.3 Å². The standard InChI is InChI=1S/C9H13BrN2O3S2/c1-3-5(2)12-9(13)6-4-7(8(10)16-6)17(11,14)15/h4-5H,3H2,1-2H3,(H,12,13)(H2,11,14,15)/t5-/m0/s1. The summed E-state index contributed by atoms with van der Waals surface area (Å²) in [4.78, 5) is 12.0. The second-order valence-electron chi connectivity index (χ2n) is 3.58. The van der Waals surface area contributed by atoms with Crippen LogP contribution in [0.15, 0.2) is 14.7 Å². The summed E-state index contributed by atoms with van der Waals surface area (Å²) in [6, 6.07) is 1.32. The van der Waals surface area contributed by atoms with Crippen LogP contribution in [0, 0.1) is 0 Å². The van der Waals surface area contributed by atoms with Gasteiger partial charge in [0.05, 0.1) is 8.66 Å². The molecule has 5 nitrogen and oxygen atoms in total. The van der Waals surface area contributed by atoms with Crippen molar-refractivity contribution >= 4 is 43.2 Å². The lowest BCUT2D eigenvalue weighted by Gasteiger charge is -2.09. The first-order valence-electron chi connectivity index (χ1n) is 4.88. The average Bonchev–Trinajstić information content (AvgIpc) is 2.59. The molecule has 1 heterocycles. The van der Waals surface area contributed by atoms with E-state index in [4.69, 9.17) is 5.14 Å². The van der Waals surface area contributed by atoms with Crippen LogP contribution in [-0.4, -0.2) is 20.4 Å². The maximum Gasteiger partial charge on any atom is 0.261 e. The van der Waals surface area contributed by atoms with E-state index in [0.717, 1.165) is 17.8 Å². The Hall–Kier alpha value is -0.440. The molecule has 1 amide bonds. The molecule has 0 radical (unpaired) electrons. The van der Waals surface area contributed by atoms with Gasteiger partial charge in [-0.05, 0) is 35.3 Å². The van der Waals surface area contributed by atoms with Crippen molar-refractivity contribution in [2.45, 2.75) is 31.2 Å². The molecule has 0 aliphatic carbocycles. The lowest BCUT2D eigenvalue weighted by atomic mass is 10.2. The van der Waals surface area contributed by atoms with Gasteiger partial charge in [0.2, 0.25) is 10.0 Å². The summed E-state index contributed by atoms with van der Waals surface area (Å²) < 4.78 is 22.7. The third kappa shape index (κ3) is 3.77. The Morgan fingerprint density at radius 1 is 1.65 bits per heavy atom. The number of primary sulfonamides is 1. The Kier molecular flexibility index (Phi) is 4.70. The molecule has 8 heteroatoms. The van der Waals surface area contributed by atoms with Crippen molar-refractivity contribution in [3.63, 3.8) is 0 Å². The highest BCUT2D eigenvalue weighted by atomic mass is 79.9. The molecule has 0 fully saturated rings. The zero-order valence-electron chi connectivity index (χ0n) is 9.36. The molecule has 1 atom stereocenters. The van der Waals surface area contributed by atoms with Gasteiger partial charge in [-0.1, -0.05) is 6.92 Å². The fraction of sp³-hybridized carbons (Fsp3) is 0.444. The highest BCUT2D eigenvalue weighted by molar-refractivity contribution is 9.11. The van der Waals surface area contributed by atoms with Gasteiger partial charge < -0.3 is 5.32 Å². The Morgan fingerprint density at radius 2 is 2.24 bits per heavy atom. The van der Waals surface area contributed by atoms with E-state index in [-0.39, 0.29) is 16.8 Å². The predicted octanol–water partition coefficient (Wildman–Crippen LogP) is 1.69. The van der Waals surface area contributed by atoms with E-state index in [9.17, 15) is 13.2 Å². The fourth-order valence-corrected chi connectivity index (χ4v) is 4.10. The van der Waals surface area contributed by atoms with Crippen molar-refractivity contribution in [3.05, 3.63) is 14.7 Å². The van der Waals surface area contributed by atoms with Crippen molar-refractivity contribution < 1.29 is 13.2 Å². The Bertz CT molecular complexity index is 524. The normalized spacial score (nSPS) is 13.4. The summed E-state index contributed by atoms with van der Waals surface area (Å²) in [5.74, 6) is -0.292. The van der Waals surface area contributed by atoms with Gasteiger partial charge in [-0.25, -0.2) is 13.6 Å². The Balaban J connectivity index is 2.99. The van der Waals surface area contributed by atoms with Crippen molar-refractivity contribution in [1.82, 2.24) is 5.32 Å². The zero-order chi connectivity index (χ0) is 13.2. The Morgan fingerprint density at radius 3 is 2.65 bits per heavy atom. The minimum Gasteiger partial charge on any atom is -0.349 e. The number of hydrogen-bond donors (Lipinski definition) is 2. The summed E-state index contributed by atoms with van der Waals surface area (Å²) in [6.45, 7) is 3.83. The number of carbonyl (C=O) groups excluding carboxylic acids is 1. The van der Waals surface area contributed by atoms with Crippen molar-refractivity contribution in [1.29, 1.82) is 0 Å². The third-order valence-corrected chi connectivity index (χ3v) is 5.34. The topological polar surface area (TPSA) is 89.3 Å². The number of sulfonamides is 1. The molecule has 0 spiro atoms. The van der Waals surface area contributed by atoms with Gasteiger partial charge in [0.15, 0.2) is 0 Å². The second kappa shape index (κ2) is 5.47. The molecule has 0 aliphatic heterocycles. The summed E-state index contributed by atoms with van der Waals surface area (Å²) in [7, 11) is -3.80. The summed E-state index contributed by atoms with van der Waals surface area (Å²) >= 11 is 4.13. The maximum atomic E-state index is 11.7. The van der Waals surface area contributed by atoms with Crippen LogP contribution in [0.2, 0.25) is 0 Å². The number of amides is 1. The summed E-state index contributed by atoms with van der Waals surface area (Å²) in [5, 5.41) is 7.77. The molecule has 0 unspecified atom stereocenters. The Labute approximate surface area is 113 Å². The molecule has 1 aromatic rings. The fourth-order valence-electron chi connectivity index (χ4n) is 1.05. The first-order valence-corrected chi connectivity index (χ1v) is 8.04. The van der Waals surface area contributed by atoms with Gasteiger partial charge in [-0.3, -0.25) is 4.79 Å². The van der Waals surface area contributed by atoms with Crippen LogP contribution < -0.4 is 10.5 Å². The molecule has 0 saturated heterocycles. The van der Waals surface area contributed by atoms with Gasteiger partial charge in [0, 0.05) is 6.04 Å². The number of nitrogens with two attached hydrogens (primary N) is 1. The lowest BCUT2D eigenvalue weighted by Crippen LogP contribution is -2.31. The van der Waals surface area contributed by atoms with Crippen LogP contribution in [0.5, 0.6) is 0 Å². The smallest absolute Gasteiger partial charge is 0.261 e. The minimum absolute atomic E-state index is 0.0429. The second-order valence-corrected chi connectivity index (χ2v) is 7.48. The van der Waals surface area contributed by atoms with E-state index in [2.05, 4.69) is 21.2 Å². The third-order valence-electron chi connectivity index (χ3n) is 2.18. The SMILES string of the molecule is CC[C@H](C)NC(=O)c1cc(S(N)(=O)=O)c(Br)s1. The van der Waals surface area contributed by atoms with Crippen molar-refractivity contribution in [2.24, 2.45) is 5.14 Å². The lowest BCUT2D eigenvalue weighted by molar-refractivity contribution is 0.0943. The molecule has 0 saturated carbocycles. The van der Waals surface area contributed by atoms with Crippen LogP contribution in [0.4, 0.5) is 0 Å². The van der Waals surface area contributed by atoms with E-state index < -0.39 is 10.0 Å². The largest absolute Gasteiger partial charge is 0.349 e. The number of rotatable bonds is 4. The van der Waals surface area contributed by atoms with Crippen LogP contribution in [0.3, 0.4) is 0 Å². The highest BCUT2D eigenvalue weighted by Gasteiger charge is 2.20. The van der Waals surface area contributed by atoms with Gasteiger partial charge in [0.25, 0.3) is 5.91 Å². The molecule has 1 aromatic heterocycles.